The number of carbonyl (C=O) groups is 1. The zero-order chi connectivity index (χ0) is 17.6. The number of hydrogen-bond acceptors (Lipinski definition) is 5. The average Bonchev–Trinajstić information content (AvgIpc) is 3.21. The number of morpholine rings is 1. The SMILES string of the molecule is Cc1nnc([C@H]2CN(C(=O)c3cc4c(C)cc(F)cc4[nH]3)CCO2)o1. The summed E-state index contributed by atoms with van der Waals surface area (Å²) in [7, 11) is 0. The van der Waals surface area contributed by atoms with Gasteiger partial charge in [-0.05, 0) is 30.7 Å². The molecule has 1 amide bonds. The number of carbonyl (C=O) groups excluding carboxylic acids is 1. The fraction of sp³-hybridized carbons (Fsp3) is 0.353. The lowest BCUT2D eigenvalue weighted by Gasteiger charge is -2.30. The molecule has 0 radical (unpaired) electrons. The van der Waals surface area contributed by atoms with Crippen LogP contribution >= 0.6 is 0 Å². The third-order valence-corrected chi connectivity index (χ3v) is 4.31. The smallest absolute Gasteiger partial charge is 0.270 e. The lowest BCUT2D eigenvalue weighted by atomic mass is 10.1. The quantitative estimate of drug-likeness (QED) is 0.772. The Kier molecular flexibility index (Phi) is 3.76. The van der Waals surface area contributed by atoms with E-state index >= 15 is 0 Å². The third kappa shape index (κ3) is 2.89. The Labute approximate surface area is 142 Å². The van der Waals surface area contributed by atoms with Crippen molar-refractivity contribution < 1.29 is 18.3 Å². The van der Waals surface area contributed by atoms with E-state index in [0.29, 0.717) is 42.7 Å². The molecule has 25 heavy (non-hydrogen) atoms. The van der Waals surface area contributed by atoms with Gasteiger partial charge in [0.25, 0.3) is 5.91 Å². The highest BCUT2D eigenvalue weighted by atomic mass is 19.1. The highest BCUT2D eigenvalue weighted by Gasteiger charge is 2.30. The number of halogens is 1. The first kappa shape index (κ1) is 15.8. The van der Waals surface area contributed by atoms with Crippen LogP contribution in [0.3, 0.4) is 0 Å². The molecule has 4 rings (SSSR count). The van der Waals surface area contributed by atoms with E-state index < -0.39 is 6.10 Å². The molecule has 0 aliphatic carbocycles. The number of fused-ring (bicyclic) bond motifs is 1. The summed E-state index contributed by atoms with van der Waals surface area (Å²) < 4.78 is 24.6. The molecular weight excluding hydrogens is 327 g/mol. The molecule has 1 aliphatic heterocycles. The molecule has 3 heterocycles. The van der Waals surface area contributed by atoms with Crippen LogP contribution in [0.25, 0.3) is 10.9 Å². The minimum atomic E-state index is -0.442. The van der Waals surface area contributed by atoms with E-state index in [4.69, 9.17) is 9.15 Å². The second-order valence-electron chi connectivity index (χ2n) is 6.14. The topological polar surface area (TPSA) is 84.2 Å². The van der Waals surface area contributed by atoms with Crippen molar-refractivity contribution in [3.8, 4) is 0 Å². The predicted octanol–water partition coefficient (Wildman–Crippen LogP) is 2.52. The standard InChI is InChI=1S/C17H17FN4O3/c1-9-5-11(18)6-13-12(9)7-14(19-13)17(23)22-3-4-24-15(8-22)16-21-20-10(2)25-16/h5-7,15,19H,3-4,8H2,1-2H3/t15-/m1/s1. The van der Waals surface area contributed by atoms with Gasteiger partial charge in [-0.3, -0.25) is 4.79 Å². The predicted molar refractivity (Wildman–Crippen MR) is 86.6 cm³/mol. The first-order chi connectivity index (χ1) is 12.0. The Bertz CT molecular complexity index is 949. The number of aromatic amines is 1. The number of aryl methyl sites for hydroxylation is 2. The Balaban J connectivity index is 1.59. The van der Waals surface area contributed by atoms with Crippen molar-refractivity contribution in [3.05, 3.63) is 47.1 Å². The molecule has 0 unspecified atom stereocenters. The van der Waals surface area contributed by atoms with Gasteiger partial charge in [0.2, 0.25) is 11.8 Å². The van der Waals surface area contributed by atoms with Gasteiger partial charge in [0, 0.05) is 24.4 Å². The zero-order valence-electron chi connectivity index (χ0n) is 13.9. The van der Waals surface area contributed by atoms with E-state index in [2.05, 4.69) is 15.2 Å². The molecule has 8 heteroatoms. The summed E-state index contributed by atoms with van der Waals surface area (Å²) in [6, 6.07) is 4.60. The van der Waals surface area contributed by atoms with Gasteiger partial charge in [0.05, 0.1) is 13.2 Å². The molecule has 1 aliphatic rings. The van der Waals surface area contributed by atoms with Gasteiger partial charge in [-0.15, -0.1) is 10.2 Å². The lowest BCUT2D eigenvalue weighted by molar-refractivity contribution is -0.0350. The van der Waals surface area contributed by atoms with Crippen molar-refractivity contribution in [1.82, 2.24) is 20.1 Å². The molecule has 2 aromatic heterocycles. The molecule has 1 aromatic carbocycles. The molecule has 0 saturated carbocycles. The van der Waals surface area contributed by atoms with E-state index in [-0.39, 0.29) is 11.7 Å². The summed E-state index contributed by atoms with van der Waals surface area (Å²) in [4.78, 5) is 17.5. The van der Waals surface area contributed by atoms with Crippen LogP contribution in [0.15, 0.2) is 22.6 Å². The van der Waals surface area contributed by atoms with Crippen molar-refractivity contribution in [2.24, 2.45) is 0 Å². The first-order valence-electron chi connectivity index (χ1n) is 8.01. The van der Waals surface area contributed by atoms with Crippen LogP contribution in [0.2, 0.25) is 0 Å². The molecule has 130 valence electrons. The Morgan fingerprint density at radius 2 is 2.16 bits per heavy atom. The molecule has 1 fully saturated rings. The minimum absolute atomic E-state index is 0.166. The normalized spacial score (nSPS) is 18.0. The highest BCUT2D eigenvalue weighted by Crippen LogP contribution is 2.25. The number of benzene rings is 1. The van der Waals surface area contributed by atoms with Gasteiger partial charge in [0.15, 0.2) is 6.10 Å². The molecule has 7 nitrogen and oxygen atoms in total. The highest BCUT2D eigenvalue weighted by molar-refractivity contribution is 5.98. The monoisotopic (exact) mass is 344 g/mol. The van der Waals surface area contributed by atoms with Crippen molar-refractivity contribution in [1.29, 1.82) is 0 Å². The number of amides is 1. The fourth-order valence-corrected chi connectivity index (χ4v) is 3.09. The Morgan fingerprint density at radius 1 is 1.32 bits per heavy atom. The van der Waals surface area contributed by atoms with Gasteiger partial charge >= 0.3 is 0 Å². The van der Waals surface area contributed by atoms with Crippen LogP contribution in [0.4, 0.5) is 4.39 Å². The van der Waals surface area contributed by atoms with Gasteiger partial charge in [0.1, 0.15) is 11.5 Å². The lowest BCUT2D eigenvalue weighted by Crippen LogP contribution is -2.42. The third-order valence-electron chi connectivity index (χ3n) is 4.31. The van der Waals surface area contributed by atoms with E-state index in [1.165, 1.54) is 12.1 Å². The Morgan fingerprint density at radius 3 is 2.92 bits per heavy atom. The second kappa shape index (κ2) is 5.96. The van der Waals surface area contributed by atoms with Crippen molar-refractivity contribution in [3.63, 3.8) is 0 Å². The molecular formula is C17H17FN4O3. The fourth-order valence-electron chi connectivity index (χ4n) is 3.09. The molecule has 0 bridgehead atoms. The summed E-state index contributed by atoms with van der Waals surface area (Å²) in [5.41, 5.74) is 1.82. The van der Waals surface area contributed by atoms with Crippen molar-refractivity contribution in [2.75, 3.05) is 19.7 Å². The number of nitrogens with zero attached hydrogens (tertiary/aromatic N) is 3. The van der Waals surface area contributed by atoms with Crippen LogP contribution in [0.5, 0.6) is 0 Å². The largest absolute Gasteiger partial charge is 0.423 e. The maximum atomic E-state index is 13.5. The van der Waals surface area contributed by atoms with Crippen LogP contribution in [-0.4, -0.2) is 45.7 Å². The van der Waals surface area contributed by atoms with Gasteiger partial charge in [-0.2, -0.15) is 0 Å². The first-order valence-corrected chi connectivity index (χ1v) is 8.01. The number of aromatic nitrogens is 3. The number of H-pyrrole nitrogens is 1. The van der Waals surface area contributed by atoms with E-state index in [9.17, 15) is 9.18 Å². The van der Waals surface area contributed by atoms with E-state index in [0.717, 1.165) is 10.9 Å². The molecule has 1 saturated heterocycles. The van der Waals surface area contributed by atoms with Crippen molar-refractivity contribution >= 4 is 16.8 Å². The van der Waals surface area contributed by atoms with Crippen LogP contribution in [0.1, 0.15) is 33.9 Å². The van der Waals surface area contributed by atoms with Crippen LogP contribution < -0.4 is 0 Å². The summed E-state index contributed by atoms with van der Waals surface area (Å²) in [5.74, 6) is 0.323. The van der Waals surface area contributed by atoms with E-state index in [1.54, 1.807) is 17.9 Å². The number of rotatable bonds is 2. The summed E-state index contributed by atoms with van der Waals surface area (Å²) in [6.45, 7) is 4.68. The van der Waals surface area contributed by atoms with Gasteiger partial charge in [-0.1, -0.05) is 0 Å². The van der Waals surface area contributed by atoms with Crippen LogP contribution in [-0.2, 0) is 4.74 Å². The van der Waals surface area contributed by atoms with Crippen molar-refractivity contribution in [2.45, 2.75) is 20.0 Å². The second-order valence-corrected chi connectivity index (χ2v) is 6.14. The maximum absolute atomic E-state index is 13.5. The zero-order valence-corrected chi connectivity index (χ0v) is 13.9. The number of nitrogens with one attached hydrogen (secondary N) is 1. The Hall–Kier alpha value is -2.74. The van der Waals surface area contributed by atoms with Gasteiger partial charge in [-0.25, -0.2) is 4.39 Å². The molecule has 1 N–H and O–H groups in total. The number of hydrogen-bond donors (Lipinski definition) is 1. The summed E-state index contributed by atoms with van der Waals surface area (Å²) in [5, 5.41) is 8.59. The van der Waals surface area contributed by atoms with Crippen LogP contribution in [0, 0.1) is 19.7 Å². The summed E-state index contributed by atoms with van der Waals surface area (Å²) >= 11 is 0. The minimum Gasteiger partial charge on any atom is -0.423 e. The number of ether oxygens (including phenoxy) is 1. The van der Waals surface area contributed by atoms with Gasteiger partial charge < -0.3 is 19.0 Å². The molecule has 1 atom stereocenters. The summed E-state index contributed by atoms with van der Waals surface area (Å²) in [6.07, 6.45) is -0.442. The average molecular weight is 344 g/mol. The molecule has 3 aromatic rings. The van der Waals surface area contributed by atoms with E-state index in [1.807, 2.05) is 6.92 Å². The maximum Gasteiger partial charge on any atom is 0.270 e. The molecule has 0 spiro atoms.